The van der Waals surface area contributed by atoms with Crippen molar-refractivity contribution >= 4 is 33.1 Å². The van der Waals surface area contributed by atoms with Gasteiger partial charge in [-0.05, 0) is 35.0 Å². The van der Waals surface area contributed by atoms with Crippen LogP contribution >= 0.6 is 27.3 Å². The molecule has 0 unspecified atom stereocenters. The monoisotopic (exact) mass is 258 g/mol. The summed E-state index contributed by atoms with van der Waals surface area (Å²) in [5, 5.41) is 3.66. The number of anilines is 1. The van der Waals surface area contributed by atoms with Crippen molar-refractivity contribution in [2.45, 2.75) is 6.92 Å². The van der Waals surface area contributed by atoms with Gasteiger partial charge in [-0.3, -0.25) is 0 Å². The molecule has 0 saturated heterocycles. The number of hydrogen-bond acceptors (Lipinski definition) is 4. The molecule has 0 bridgehead atoms. The first-order chi connectivity index (χ1) is 6.18. The van der Waals surface area contributed by atoms with Crippen molar-refractivity contribution in [1.82, 2.24) is 5.16 Å². The lowest BCUT2D eigenvalue weighted by atomic mass is 10.3. The summed E-state index contributed by atoms with van der Waals surface area (Å²) in [7, 11) is 0. The Balaban J connectivity index is 2.52. The average molecular weight is 259 g/mol. The van der Waals surface area contributed by atoms with Crippen LogP contribution in [0.5, 0.6) is 0 Å². The van der Waals surface area contributed by atoms with E-state index in [0.717, 1.165) is 9.35 Å². The number of nitrogen functional groups attached to an aromatic ring is 1. The Morgan fingerprint density at radius 2 is 2.31 bits per heavy atom. The summed E-state index contributed by atoms with van der Waals surface area (Å²) in [6, 6.07) is 4.02. The number of nitrogens with two attached hydrogens (primary N) is 1. The quantitative estimate of drug-likeness (QED) is 0.856. The molecule has 68 valence electrons. The molecular formula is C8H7BrN2OS. The van der Waals surface area contributed by atoms with Gasteiger partial charge in [0.15, 0.2) is 11.6 Å². The zero-order valence-corrected chi connectivity index (χ0v) is 9.28. The minimum absolute atomic E-state index is 0.390. The van der Waals surface area contributed by atoms with E-state index in [1.807, 2.05) is 19.1 Å². The minimum atomic E-state index is 0.390. The lowest BCUT2D eigenvalue weighted by Gasteiger charge is -1.88. The maximum atomic E-state index is 5.54. The van der Waals surface area contributed by atoms with Gasteiger partial charge in [0.05, 0.1) is 4.88 Å². The third kappa shape index (κ3) is 1.49. The molecule has 0 fully saturated rings. The van der Waals surface area contributed by atoms with Gasteiger partial charge >= 0.3 is 0 Å². The van der Waals surface area contributed by atoms with Crippen molar-refractivity contribution in [1.29, 1.82) is 0 Å². The van der Waals surface area contributed by atoms with Crippen molar-refractivity contribution in [2.75, 3.05) is 5.73 Å². The van der Waals surface area contributed by atoms with Gasteiger partial charge in [0.1, 0.15) is 4.47 Å². The highest BCUT2D eigenvalue weighted by atomic mass is 79.9. The van der Waals surface area contributed by atoms with Crippen LogP contribution in [-0.4, -0.2) is 5.16 Å². The summed E-state index contributed by atoms with van der Waals surface area (Å²) >= 11 is 4.97. The predicted octanol–water partition coefficient (Wildman–Crippen LogP) is 3.06. The summed E-state index contributed by atoms with van der Waals surface area (Å²) in [5.41, 5.74) is 5.54. The zero-order valence-electron chi connectivity index (χ0n) is 6.87. The zero-order chi connectivity index (χ0) is 9.42. The van der Waals surface area contributed by atoms with Crippen LogP contribution in [0.4, 0.5) is 5.82 Å². The van der Waals surface area contributed by atoms with Crippen LogP contribution < -0.4 is 5.73 Å². The highest BCUT2D eigenvalue weighted by molar-refractivity contribution is 9.10. The van der Waals surface area contributed by atoms with Crippen molar-refractivity contribution in [3.05, 3.63) is 21.5 Å². The van der Waals surface area contributed by atoms with Gasteiger partial charge in [-0.2, -0.15) is 0 Å². The molecule has 0 amide bonds. The lowest BCUT2D eigenvalue weighted by Crippen LogP contribution is -1.82. The predicted molar refractivity (Wildman–Crippen MR) is 56.7 cm³/mol. The Labute approximate surface area is 87.7 Å². The molecule has 2 aromatic rings. The molecule has 2 rings (SSSR count). The number of halogens is 1. The SMILES string of the molecule is Cc1ccc(-c2onc(N)c2Br)s1. The van der Waals surface area contributed by atoms with Crippen LogP contribution in [0.15, 0.2) is 21.1 Å². The van der Waals surface area contributed by atoms with Crippen LogP contribution in [0.1, 0.15) is 4.88 Å². The minimum Gasteiger partial charge on any atom is -0.380 e. The second-order valence-corrected chi connectivity index (χ2v) is 4.70. The average Bonchev–Trinajstić information content (AvgIpc) is 2.62. The molecule has 13 heavy (non-hydrogen) atoms. The fourth-order valence-electron chi connectivity index (χ4n) is 1.00. The standard InChI is InChI=1S/C8H7BrN2OS/c1-4-2-3-5(13-4)7-6(9)8(10)11-12-7/h2-3H,1H3,(H2,10,11). The number of aromatic nitrogens is 1. The molecule has 0 aliphatic rings. The Hall–Kier alpha value is -0.810. The van der Waals surface area contributed by atoms with E-state index in [2.05, 4.69) is 21.1 Å². The van der Waals surface area contributed by atoms with Crippen LogP contribution in [0.2, 0.25) is 0 Å². The first-order valence-corrected chi connectivity index (χ1v) is 5.27. The molecule has 3 nitrogen and oxygen atoms in total. The van der Waals surface area contributed by atoms with E-state index in [4.69, 9.17) is 10.3 Å². The third-order valence-electron chi connectivity index (χ3n) is 1.62. The van der Waals surface area contributed by atoms with E-state index in [0.29, 0.717) is 11.6 Å². The summed E-state index contributed by atoms with van der Waals surface area (Å²) in [4.78, 5) is 2.27. The maximum Gasteiger partial charge on any atom is 0.193 e. The van der Waals surface area contributed by atoms with Gasteiger partial charge < -0.3 is 10.3 Å². The summed E-state index contributed by atoms with van der Waals surface area (Å²) in [6.07, 6.45) is 0. The topological polar surface area (TPSA) is 52.0 Å². The van der Waals surface area contributed by atoms with Crippen molar-refractivity contribution < 1.29 is 4.52 Å². The van der Waals surface area contributed by atoms with Gasteiger partial charge in [0.2, 0.25) is 0 Å². The summed E-state index contributed by atoms with van der Waals surface area (Å²) in [5.74, 6) is 1.09. The van der Waals surface area contributed by atoms with E-state index in [-0.39, 0.29) is 0 Å². The second kappa shape index (κ2) is 3.16. The van der Waals surface area contributed by atoms with Gasteiger partial charge in [-0.15, -0.1) is 11.3 Å². The fraction of sp³-hybridized carbons (Fsp3) is 0.125. The van der Waals surface area contributed by atoms with Gasteiger partial charge in [-0.1, -0.05) is 5.16 Å². The van der Waals surface area contributed by atoms with E-state index in [9.17, 15) is 0 Å². The molecule has 2 heterocycles. The molecule has 2 N–H and O–H groups in total. The number of nitrogens with zero attached hydrogens (tertiary/aromatic N) is 1. The molecule has 0 aromatic carbocycles. The van der Waals surface area contributed by atoms with Crippen molar-refractivity contribution in [3.8, 4) is 10.6 Å². The highest BCUT2D eigenvalue weighted by Gasteiger charge is 2.14. The Bertz CT molecular complexity index is 435. The molecule has 0 aliphatic carbocycles. The molecule has 0 aliphatic heterocycles. The Morgan fingerprint density at radius 3 is 2.77 bits per heavy atom. The van der Waals surface area contributed by atoms with Crippen LogP contribution in [0.25, 0.3) is 10.6 Å². The number of rotatable bonds is 1. The second-order valence-electron chi connectivity index (χ2n) is 2.62. The van der Waals surface area contributed by atoms with Crippen LogP contribution in [-0.2, 0) is 0 Å². The third-order valence-corrected chi connectivity index (χ3v) is 3.39. The smallest absolute Gasteiger partial charge is 0.193 e. The molecule has 2 aromatic heterocycles. The fourth-order valence-corrected chi connectivity index (χ4v) is 2.34. The molecule has 0 radical (unpaired) electrons. The van der Waals surface area contributed by atoms with Crippen molar-refractivity contribution in [3.63, 3.8) is 0 Å². The normalized spacial score (nSPS) is 10.6. The molecule has 0 saturated carbocycles. The molecule has 0 atom stereocenters. The number of hydrogen-bond donors (Lipinski definition) is 1. The molecule has 5 heteroatoms. The van der Waals surface area contributed by atoms with E-state index in [1.54, 1.807) is 11.3 Å². The van der Waals surface area contributed by atoms with Crippen LogP contribution in [0.3, 0.4) is 0 Å². The van der Waals surface area contributed by atoms with Gasteiger partial charge in [0, 0.05) is 4.88 Å². The maximum absolute atomic E-state index is 5.54. The largest absolute Gasteiger partial charge is 0.380 e. The van der Waals surface area contributed by atoms with Crippen molar-refractivity contribution in [2.24, 2.45) is 0 Å². The van der Waals surface area contributed by atoms with Gasteiger partial charge in [-0.25, -0.2) is 0 Å². The number of thiophene rings is 1. The molecular weight excluding hydrogens is 252 g/mol. The highest BCUT2D eigenvalue weighted by Crippen LogP contribution is 2.36. The summed E-state index contributed by atoms with van der Waals surface area (Å²) in [6.45, 7) is 2.04. The first-order valence-electron chi connectivity index (χ1n) is 3.66. The molecule has 0 spiro atoms. The van der Waals surface area contributed by atoms with E-state index in [1.165, 1.54) is 4.88 Å². The van der Waals surface area contributed by atoms with Crippen LogP contribution in [0, 0.1) is 6.92 Å². The van der Waals surface area contributed by atoms with E-state index >= 15 is 0 Å². The Kier molecular flexibility index (Phi) is 2.13. The van der Waals surface area contributed by atoms with E-state index < -0.39 is 0 Å². The van der Waals surface area contributed by atoms with Gasteiger partial charge in [0.25, 0.3) is 0 Å². The number of aryl methyl sites for hydroxylation is 1. The Morgan fingerprint density at radius 1 is 1.54 bits per heavy atom. The lowest BCUT2D eigenvalue weighted by molar-refractivity contribution is 0.436. The summed E-state index contributed by atoms with van der Waals surface area (Å²) < 4.78 is 5.81. The first kappa shape index (κ1) is 8.77.